The fourth-order valence-corrected chi connectivity index (χ4v) is 3.65. The highest BCUT2D eigenvalue weighted by atomic mass is 16.5. The minimum atomic E-state index is -0.588. The molecule has 3 rings (SSSR count). The van der Waals surface area contributed by atoms with Crippen molar-refractivity contribution < 1.29 is 17.1 Å². The number of ketones is 1. The van der Waals surface area contributed by atoms with E-state index in [2.05, 4.69) is 0 Å². The summed E-state index contributed by atoms with van der Waals surface area (Å²) in [4.78, 5) is 24.9. The van der Waals surface area contributed by atoms with Crippen molar-refractivity contribution in [2.75, 3.05) is 7.11 Å². The Morgan fingerprint density at radius 1 is 0.926 bits per heavy atom. The number of esters is 1. The fraction of sp³-hybridized carbons (Fsp3) is 0.417. The molecule has 2 atom stereocenters. The van der Waals surface area contributed by atoms with Gasteiger partial charge in [-0.1, -0.05) is 45.9 Å². The normalized spacial score (nSPS) is 23.6. The van der Waals surface area contributed by atoms with Crippen LogP contribution in [-0.4, -0.2) is 18.9 Å². The van der Waals surface area contributed by atoms with E-state index in [1.54, 1.807) is 24.3 Å². The van der Waals surface area contributed by atoms with Crippen molar-refractivity contribution in [1.29, 1.82) is 0 Å². The summed E-state index contributed by atoms with van der Waals surface area (Å²) in [6, 6.07) is 10.4. The van der Waals surface area contributed by atoms with Gasteiger partial charge in [0.05, 0.1) is 12.7 Å². The van der Waals surface area contributed by atoms with Gasteiger partial charge in [0.25, 0.3) is 0 Å². The van der Waals surface area contributed by atoms with Gasteiger partial charge in [-0.05, 0) is 65.4 Å². The number of rotatable bonds is 3. The number of hydrogen-bond donors (Lipinski definition) is 0. The highest BCUT2D eigenvalue weighted by molar-refractivity contribution is 6.10. The van der Waals surface area contributed by atoms with E-state index >= 15 is 0 Å². The summed E-state index contributed by atoms with van der Waals surface area (Å²) in [5, 5.41) is 0. The van der Waals surface area contributed by atoms with Crippen molar-refractivity contribution in [3.8, 4) is 0 Å². The lowest BCUT2D eigenvalue weighted by atomic mass is 9.62. The summed E-state index contributed by atoms with van der Waals surface area (Å²) in [5.74, 6) is -0.561. The third kappa shape index (κ3) is 3.43. The zero-order valence-electron chi connectivity index (χ0n) is 18.8. The van der Waals surface area contributed by atoms with Crippen LogP contribution in [-0.2, 0) is 15.6 Å². The maximum Gasteiger partial charge on any atom is 0.337 e. The van der Waals surface area contributed by atoms with Gasteiger partial charge in [0.2, 0.25) is 0 Å². The molecule has 0 N–H and O–H groups in total. The first kappa shape index (κ1) is 16.7. The summed E-state index contributed by atoms with van der Waals surface area (Å²) in [7, 11) is 1.32. The Bertz CT molecular complexity index is 974. The smallest absolute Gasteiger partial charge is 0.337 e. The van der Waals surface area contributed by atoms with Crippen LogP contribution in [0, 0.1) is 6.92 Å². The Labute approximate surface area is 164 Å². The Hall–Kier alpha value is -2.42. The molecule has 2 unspecified atom stereocenters. The standard InChI is InChI=1S/C24H28O3/c1-15-13-19-20(24(4,5)12-11-23(19,2)3)14-18(15)21(25)16-7-9-17(10-8-16)22(26)27-6/h7-10,13-14H,11-12H2,1-6H3/i11T,12T. The van der Waals surface area contributed by atoms with E-state index in [-0.39, 0.29) is 5.78 Å². The third-order valence-corrected chi connectivity index (χ3v) is 5.48. The first-order chi connectivity index (χ1) is 13.4. The number of hydrogen-bond acceptors (Lipinski definition) is 3. The van der Waals surface area contributed by atoms with Crippen molar-refractivity contribution in [2.24, 2.45) is 0 Å². The van der Waals surface area contributed by atoms with E-state index in [4.69, 9.17) is 7.48 Å². The van der Waals surface area contributed by atoms with Crippen LogP contribution in [0.3, 0.4) is 0 Å². The monoisotopic (exact) mass is 368 g/mol. The molecule has 0 aromatic heterocycles. The van der Waals surface area contributed by atoms with E-state index in [0.29, 0.717) is 16.7 Å². The summed E-state index contributed by atoms with van der Waals surface area (Å²) in [6.07, 6.45) is -1.13. The molecule has 3 nitrogen and oxygen atoms in total. The molecule has 1 aliphatic rings. The van der Waals surface area contributed by atoms with Gasteiger partial charge >= 0.3 is 5.97 Å². The number of carbonyl (C=O) groups is 2. The second kappa shape index (κ2) is 6.63. The summed E-state index contributed by atoms with van der Waals surface area (Å²) >= 11 is 0. The SMILES string of the molecule is [3H]C1C([3H])C(C)(C)c2cc(C(=O)c3ccc(C(=O)OC)cc3)c(C)cc2C1(C)C. The van der Waals surface area contributed by atoms with Crippen molar-refractivity contribution >= 4 is 11.8 Å². The quantitative estimate of drug-likeness (QED) is 0.541. The molecule has 0 saturated carbocycles. The minimum absolute atomic E-state index is 0.121. The maximum absolute atomic E-state index is 13.2. The second-order valence-electron chi connectivity index (χ2n) is 8.39. The Morgan fingerprint density at radius 2 is 1.41 bits per heavy atom. The van der Waals surface area contributed by atoms with E-state index in [1.165, 1.54) is 7.11 Å². The van der Waals surface area contributed by atoms with Gasteiger partial charge in [-0.3, -0.25) is 4.79 Å². The zero-order valence-corrected chi connectivity index (χ0v) is 16.8. The van der Waals surface area contributed by atoms with Crippen molar-refractivity contribution in [2.45, 2.75) is 58.2 Å². The number of methoxy groups -OCH3 is 1. The Balaban J connectivity index is 2.10. The van der Waals surface area contributed by atoms with Crippen LogP contribution >= 0.6 is 0 Å². The van der Waals surface area contributed by atoms with Crippen molar-refractivity contribution in [1.82, 2.24) is 0 Å². The molecule has 0 saturated heterocycles. The van der Waals surface area contributed by atoms with Crippen LogP contribution in [0.1, 0.15) is 86.2 Å². The summed E-state index contributed by atoms with van der Waals surface area (Å²) < 4.78 is 21.9. The van der Waals surface area contributed by atoms with Gasteiger partial charge in [-0.2, -0.15) is 0 Å². The van der Waals surface area contributed by atoms with E-state index < -0.39 is 29.6 Å². The van der Waals surface area contributed by atoms with Crippen LogP contribution in [0.15, 0.2) is 36.4 Å². The molecule has 0 radical (unpaired) electrons. The molecule has 0 spiro atoms. The topological polar surface area (TPSA) is 43.4 Å². The van der Waals surface area contributed by atoms with E-state index in [1.807, 2.05) is 46.8 Å². The van der Waals surface area contributed by atoms with E-state index in [9.17, 15) is 9.59 Å². The van der Waals surface area contributed by atoms with Crippen LogP contribution in [0.2, 0.25) is 0 Å². The number of carbonyl (C=O) groups excluding carboxylic acids is 2. The van der Waals surface area contributed by atoms with Crippen LogP contribution in [0.4, 0.5) is 0 Å². The Kier molecular flexibility index (Phi) is 4.11. The molecular formula is C24H28O3. The number of aryl methyl sites for hydroxylation is 1. The van der Waals surface area contributed by atoms with Crippen molar-refractivity contribution in [3.05, 3.63) is 69.8 Å². The minimum Gasteiger partial charge on any atom is -0.465 e. The van der Waals surface area contributed by atoms with Crippen LogP contribution < -0.4 is 0 Å². The van der Waals surface area contributed by atoms with Gasteiger partial charge in [0.15, 0.2) is 5.78 Å². The maximum atomic E-state index is 13.2. The highest BCUT2D eigenvalue weighted by Crippen LogP contribution is 2.46. The first-order valence-electron chi connectivity index (χ1n) is 10.3. The molecule has 2 aromatic carbocycles. The molecule has 0 aliphatic heterocycles. The van der Waals surface area contributed by atoms with Crippen LogP contribution in [0.5, 0.6) is 0 Å². The molecule has 27 heavy (non-hydrogen) atoms. The van der Waals surface area contributed by atoms with Gasteiger partial charge in [0.1, 0.15) is 0 Å². The average Bonchev–Trinajstić information content (AvgIpc) is 2.70. The Morgan fingerprint density at radius 3 is 1.93 bits per heavy atom. The molecular weight excluding hydrogens is 336 g/mol. The van der Waals surface area contributed by atoms with Gasteiger partial charge in [-0.25, -0.2) is 4.79 Å². The number of ether oxygens (including phenoxy) is 1. The molecule has 2 aromatic rings. The van der Waals surface area contributed by atoms with Crippen LogP contribution in [0.25, 0.3) is 0 Å². The largest absolute Gasteiger partial charge is 0.465 e. The first-order valence-corrected chi connectivity index (χ1v) is 9.16. The summed E-state index contributed by atoms with van der Waals surface area (Å²) in [5.41, 5.74) is 3.34. The lowest BCUT2D eigenvalue weighted by molar-refractivity contribution is 0.0600. The van der Waals surface area contributed by atoms with Crippen molar-refractivity contribution in [3.63, 3.8) is 0 Å². The van der Waals surface area contributed by atoms with Gasteiger partial charge in [-0.15, -0.1) is 0 Å². The van der Waals surface area contributed by atoms with Gasteiger partial charge < -0.3 is 4.74 Å². The lowest BCUT2D eigenvalue weighted by Crippen LogP contribution is -2.34. The molecule has 0 amide bonds. The molecule has 0 heterocycles. The fourth-order valence-electron chi connectivity index (χ4n) is 3.65. The molecule has 0 fully saturated rings. The molecule has 0 bridgehead atoms. The average molecular weight is 369 g/mol. The molecule has 1 aliphatic carbocycles. The number of fused-ring (bicyclic) bond motifs is 1. The predicted octanol–water partition coefficient (Wildman–Crippen LogP) is 5.36. The summed E-state index contributed by atoms with van der Waals surface area (Å²) in [6.45, 7) is 9.88. The predicted molar refractivity (Wildman–Crippen MR) is 108 cm³/mol. The third-order valence-electron chi connectivity index (χ3n) is 5.48. The zero-order chi connectivity index (χ0) is 21.7. The highest BCUT2D eigenvalue weighted by Gasteiger charge is 2.37. The molecule has 3 heteroatoms. The lowest BCUT2D eigenvalue weighted by Gasteiger charge is -2.42. The number of benzene rings is 2. The second-order valence-corrected chi connectivity index (χ2v) is 8.39. The molecule has 142 valence electrons. The van der Waals surface area contributed by atoms with E-state index in [0.717, 1.165) is 16.7 Å². The van der Waals surface area contributed by atoms with Gasteiger partial charge in [0, 0.05) is 13.9 Å².